The van der Waals surface area contributed by atoms with Crippen molar-refractivity contribution in [3.63, 3.8) is 0 Å². The fourth-order valence-corrected chi connectivity index (χ4v) is 3.04. The summed E-state index contributed by atoms with van der Waals surface area (Å²) in [4.78, 5) is 12.5. The normalized spacial score (nSPS) is 15.8. The van der Waals surface area contributed by atoms with E-state index in [0.29, 0.717) is 10.2 Å². The number of carbonyl (C=O) groups excluding carboxylic acids is 1. The maximum atomic E-state index is 13.1. The van der Waals surface area contributed by atoms with E-state index >= 15 is 0 Å². The Morgan fingerprint density at radius 1 is 1.28 bits per heavy atom. The second-order valence-corrected chi connectivity index (χ2v) is 6.58. The molecule has 1 aromatic carbocycles. The highest BCUT2D eigenvalue weighted by atomic mass is 32.2. The number of nitrogen functional groups attached to an aromatic ring is 1. The van der Waals surface area contributed by atoms with E-state index < -0.39 is 29.0 Å². The van der Waals surface area contributed by atoms with Gasteiger partial charge in [0.1, 0.15) is 11.1 Å². The summed E-state index contributed by atoms with van der Waals surface area (Å²) >= 11 is 0.719. The lowest BCUT2D eigenvalue weighted by Crippen LogP contribution is -2.30. The number of amides is 1. The number of rotatable bonds is 5. The van der Waals surface area contributed by atoms with Crippen molar-refractivity contribution < 1.29 is 22.4 Å². The molecule has 25 heavy (non-hydrogen) atoms. The third-order valence-electron chi connectivity index (χ3n) is 3.48. The zero-order chi connectivity index (χ0) is 18.2. The van der Waals surface area contributed by atoms with Gasteiger partial charge in [-0.1, -0.05) is 23.9 Å². The number of benzene rings is 1. The minimum Gasteiger partial charge on any atom is -0.352 e. The monoisotopic (exact) mass is 375 g/mol. The number of hydrogen-bond acceptors (Lipinski definition) is 5. The Hall–Kier alpha value is -2.30. The topological polar surface area (TPSA) is 85.8 Å². The molecular formula is C14H13F4N5OS. The minimum atomic E-state index is -4.76. The molecule has 0 saturated heterocycles. The van der Waals surface area contributed by atoms with Crippen molar-refractivity contribution >= 4 is 17.7 Å². The molecule has 11 heteroatoms. The summed E-state index contributed by atoms with van der Waals surface area (Å²) < 4.78 is 51.7. The van der Waals surface area contributed by atoms with Crippen LogP contribution >= 0.6 is 11.8 Å². The summed E-state index contributed by atoms with van der Waals surface area (Å²) in [5, 5.41) is 8.01. The Balaban J connectivity index is 1.88. The van der Waals surface area contributed by atoms with E-state index in [1.165, 1.54) is 24.3 Å². The van der Waals surface area contributed by atoms with Gasteiger partial charge in [0.2, 0.25) is 11.1 Å². The van der Waals surface area contributed by atoms with Crippen molar-refractivity contribution in [3.8, 4) is 0 Å². The standard InChI is InChI=1S/C14H13F4N5OS/c15-8-3-1-7(2-4-8)10(11(24)20-9-5-6-9)25-13-22-21-12(23(13)19)14(16,17)18/h1-4,9-10H,5-6,19H2,(H,20,24). The average molecular weight is 375 g/mol. The van der Waals surface area contributed by atoms with Gasteiger partial charge in [0.15, 0.2) is 0 Å². The van der Waals surface area contributed by atoms with Crippen LogP contribution in [0.1, 0.15) is 29.5 Å². The lowest BCUT2D eigenvalue weighted by atomic mass is 10.1. The Labute approximate surface area is 143 Å². The molecule has 134 valence electrons. The van der Waals surface area contributed by atoms with E-state index in [9.17, 15) is 22.4 Å². The van der Waals surface area contributed by atoms with Crippen LogP contribution < -0.4 is 11.2 Å². The first-order valence-electron chi connectivity index (χ1n) is 7.26. The Morgan fingerprint density at radius 2 is 1.92 bits per heavy atom. The highest BCUT2D eigenvalue weighted by Crippen LogP contribution is 2.37. The van der Waals surface area contributed by atoms with Gasteiger partial charge in [0.05, 0.1) is 0 Å². The van der Waals surface area contributed by atoms with Gasteiger partial charge < -0.3 is 11.2 Å². The second kappa shape index (κ2) is 6.54. The van der Waals surface area contributed by atoms with Gasteiger partial charge >= 0.3 is 6.18 Å². The summed E-state index contributed by atoms with van der Waals surface area (Å²) in [5.74, 6) is 3.15. The summed E-state index contributed by atoms with van der Waals surface area (Å²) in [6.07, 6.45) is -3.07. The number of halogens is 4. The van der Waals surface area contributed by atoms with E-state index in [1.54, 1.807) is 0 Å². The molecule has 3 N–H and O–H groups in total. The zero-order valence-corrected chi connectivity index (χ0v) is 13.4. The van der Waals surface area contributed by atoms with Gasteiger partial charge in [-0.2, -0.15) is 13.2 Å². The van der Waals surface area contributed by atoms with Gasteiger partial charge in [0.25, 0.3) is 5.82 Å². The number of hydrogen-bond donors (Lipinski definition) is 2. The van der Waals surface area contributed by atoms with Crippen molar-refractivity contribution in [2.24, 2.45) is 0 Å². The van der Waals surface area contributed by atoms with Crippen molar-refractivity contribution in [1.82, 2.24) is 20.2 Å². The molecule has 1 fully saturated rings. The number of nitrogens with one attached hydrogen (secondary N) is 1. The number of thioether (sulfide) groups is 1. The number of carbonyl (C=O) groups is 1. The summed E-state index contributed by atoms with van der Waals surface area (Å²) in [5.41, 5.74) is 0.418. The van der Waals surface area contributed by atoms with Crippen LogP contribution in [0.2, 0.25) is 0 Å². The van der Waals surface area contributed by atoms with Crippen molar-refractivity contribution in [2.45, 2.75) is 35.5 Å². The molecule has 1 aromatic heterocycles. The predicted octanol–water partition coefficient (Wildman–Crippen LogP) is 2.26. The van der Waals surface area contributed by atoms with Gasteiger partial charge in [-0.05, 0) is 30.5 Å². The molecule has 0 bridgehead atoms. The van der Waals surface area contributed by atoms with Crippen LogP contribution in [0.25, 0.3) is 0 Å². The fraction of sp³-hybridized carbons (Fsp3) is 0.357. The molecule has 1 atom stereocenters. The molecule has 1 amide bonds. The average Bonchev–Trinajstić information content (AvgIpc) is 3.26. The first kappa shape index (κ1) is 17.5. The Bertz CT molecular complexity index is 773. The lowest BCUT2D eigenvalue weighted by molar-refractivity contribution is -0.146. The zero-order valence-electron chi connectivity index (χ0n) is 12.6. The quantitative estimate of drug-likeness (QED) is 0.476. The van der Waals surface area contributed by atoms with Crippen molar-refractivity contribution in [2.75, 3.05) is 5.84 Å². The Kier molecular flexibility index (Phi) is 4.58. The van der Waals surface area contributed by atoms with Gasteiger partial charge in [-0.25, -0.2) is 9.07 Å². The molecule has 1 heterocycles. The van der Waals surface area contributed by atoms with E-state index in [2.05, 4.69) is 15.5 Å². The molecule has 6 nitrogen and oxygen atoms in total. The molecule has 1 aliphatic carbocycles. The lowest BCUT2D eigenvalue weighted by Gasteiger charge is -2.16. The number of nitrogens with zero attached hydrogens (tertiary/aromatic N) is 3. The predicted molar refractivity (Wildman–Crippen MR) is 81.3 cm³/mol. The van der Waals surface area contributed by atoms with Crippen LogP contribution in [0.5, 0.6) is 0 Å². The van der Waals surface area contributed by atoms with Crippen LogP contribution in [0.4, 0.5) is 17.6 Å². The molecule has 0 spiro atoms. The third kappa shape index (κ3) is 4.03. The van der Waals surface area contributed by atoms with E-state index in [1.807, 2.05) is 0 Å². The molecule has 0 radical (unpaired) electrons. The number of alkyl halides is 3. The highest BCUT2D eigenvalue weighted by Gasteiger charge is 2.39. The van der Waals surface area contributed by atoms with Crippen molar-refractivity contribution in [1.29, 1.82) is 0 Å². The molecule has 1 saturated carbocycles. The summed E-state index contributed by atoms with van der Waals surface area (Å²) in [6.45, 7) is 0. The molecular weight excluding hydrogens is 362 g/mol. The van der Waals surface area contributed by atoms with Gasteiger partial charge in [-0.15, -0.1) is 10.2 Å². The van der Waals surface area contributed by atoms with Crippen LogP contribution in [-0.4, -0.2) is 26.8 Å². The first-order valence-corrected chi connectivity index (χ1v) is 8.14. The smallest absolute Gasteiger partial charge is 0.352 e. The van der Waals surface area contributed by atoms with Crippen LogP contribution in [-0.2, 0) is 11.0 Å². The Morgan fingerprint density at radius 3 is 2.44 bits per heavy atom. The van der Waals surface area contributed by atoms with Crippen LogP contribution in [0, 0.1) is 5.82 Å². The molecule has 3 rings (SSSR count). The van der Waals surface area contributed by atoms with Crippen molar-refractivity contribution in [3.05, 3.63) is 41.5 Å². The van der Waals surface area contributed by atoms with Gasteiger partial charge in [0, 0.05) is 6.04 Å². The molecule has 2 aromatic rings. The minimum absolute atomic E-state index is 0.0533. The van der Waals surface area contributed by atoms with E-state index in [0.717, 1.165) is 24.6 Å². The van der Waals surface area contributed by atoms with E-state index in [-0.39, 0.29) is 11.2 Å². The maximum Gasteiger partial charge on any atom is 0.453 e. The third-order valence-corrected chi connectivity index (χ3v) is 4.69. The molecule has 1 aliphatic rings. The molecule has 0 aliphatic heterocycles. The first-order chi connectivity index (χ1) is 11.8. The maximum absolute atomic E-state index is 13.1. The summed E-state index contributed by atoms with van der Waals surface area (Å²) in [7, 11) is 0. The number of aromatic nitrogens is 3. The molecule has 1 unspecified atom stereocenters. The van der Waals surface area contributed by atoms with Crippen LogP contribution in [0.15, 0.2) is 29.4 Å². The largest absolute Gasteiger partial charge is 0.453 e. The van der Waals surface area contributed by atoms with E-state index in [4.69, 9.17) is 5.84 Å². The highest BCUT2D eigenvalue weighted by molar-refractivity contribution is 8.00. The number of nitrogens with two attached hydrogens (primary N) is 1. The SMILES string of the molecule is Nn1c(SC(C(=O)NC2CC2)c2ccc(F)cc2)nnc1C(F)(F)F. The van der Waals surface area contributed by atoms with Gasteiger partial charge in [-0.3, -0.25) is 4.79 Å². The summed E-state index contributed by atoms with van der Waals surface area (Å²) in [6, 6.07) is 5.17. The van der Waals surface area contributed by atoms with Crippen LogP contribution in [0.3, 0.4) is 0 Å². The second-order valence-electron chi connectivity index (χ2n) is 5.51. The fourth-order valence-electron chi connectivity index (χ4n) is 2.07.